The minimum absolute atomic E-state index is 0.175. The lowest BCUT2D eigenvalue weighted by Gasteiger charge is -2.23. The Morgan fingerprint density at radius 2 is 1.87 bits per heavy atom. The van der Waals surface area contributed by atoms with E-state index < -0.39 is 12.1 Å². The van der Waals surface area contributed by atoms with E-state index in [4.69, 9.17) is 4.74 Å². The van der Waals surface area contributed by atoms with Crippen molar-refractivity contribution in [2.45, 2.75) is 51.1 Å². The van der Waals surface area contributed by atoms with Crippen molar-refractivity contribution in [3.63, 3.8) is 0 Å². The van der Waals surface area contributed by atoms with Crippen LogP contribution in [0.2, 0.25) is 0 Å². The molecule has 1 aromatic rings. The van der Waals surface area contributed by atoms with Crippen molar-refractivity contribution < 1.29 is 14.3 Å². The van der Waals surface area contributed by atoms with Gasteiger partial charge in [0.05, 0.1) is 12.8 Å². The quantitative estimate of drug-likeness (QED) is 0.779. The van der Waals surface area contributed by atoms with Gasteiger partial charge in [-0.2, -0.15) is 0 Å². The Balaban J connectivity index is 1.83. The maximum absolute atomic E-state index is 12.1. The maximum Gasteiger partial charge on any atom is 0.321 e. The zero-order valence-corrected chi connectivity index (χ0v) is 13.7. The standard InChI is InChI=1S/C17H25N3O3/c1-12(18-14-10-6-7-11-15(14)23-2)16(21)20-17(22)19-13-8-4-3-5-9-13/h6-7,10-13,18H,3-5,8-9H2,1-2H3,(H2,19,20,21,22). The third-order valence-electron chi connectivity index (χ3n) is 4.05. The number of hydrogen-bond acceptors (Lipinski definition) is 4. The average Bonchev–Trinajstić information content (AvgIpc) is 2.56. The number of urea groups is 1. The fraction of sp³-hybridized carbons (Fsp3) is 0.529. The van der Waals surface area contributed by atoms with E-state index in [1.165, 1.54) is 6.42 Å². The molecule has 1 fully saturated rings. The molecule has 0 spiro atoms. The number of imide groups is 1. The van der Waals surface area contributed by atoms with Crippen LogP contribution in [-0.2, 0) is 4.79 Å². The lowest BCUT2D eigenvalue weighted by Crippen LogP contribution is -2.49. The normalized spacial score (nSPS) is 16.3. The van der Waals surface area contributed by atoms with E-state index in [2.05, 4.69) is 16.0 Å². The molecule has 2 rings (SSSR count). The summed E-state index contributed by atoms with van der Waals surface area (Å²) in [7, 11) is 1.57. The summed E-state index contributed by atoms with van der Waals surface area (Å²) < 4.78 is 5.23. The Morgan fingerprint density at radius 3 is 2.57 bits per heavy atom. The van der Waals surface area contributed by atoms with Crippen LogP contribution in [0.4, 0.5) is 10.5 Å². The van der Waals surface area contributed by atoms with Gasteiger partial charge in [-0.3, -0.25) is 10.1 Å². The molecule has 0 heterocycles. The van der Waals surface area contributed by atoms with Crippen molar-refractivity contribution in [2.24, 2.45) is 0 Å². The van der Waals surface area contributed by atoms with Gasteiger partial charge in [-0.1, -0.05) is 31.4 Å². The number of rotatable bonds is 5. The van der Waals surface area contributed by atoms with Crippen LogP contribution in [0.15, 0.2) is 24.3 Å². The lowest BCUT2D eigenvalue weighted by atomic mass is 9.96. The highest BCUT2D eigenvalue weighted by atomic mass is 16.5. The minimum Gasteiger partial charge on any atom is -0.495 e. The van der Waals surface area contributed by atoms with Crippen LogP contribution in [0.1, 0.15) is 39.0 Å². The first-order valence-corrected chi connectivity index (χ1v) is 8.11. The highest BCUT2D eigenvalue weighted by Gasteiger charge is 2.20. The summed E-state index contributed by atoms with van der Waals surface area (Å²) in [6.07, 6.45) is 5.45. The summed E-state index contributed by atoms with van der Waals surface area (Å²) in [5, 5.41) is 8.31. The van der Waals surface area contributed by atoms with Gasteiger partial charge in [0.25, 0.3) is 0 Å². The van der Waals surface area contributed by atoms with Gasteiger partial charge in [-0.05, 0) is 31.9 Å². The first kappa shape index (κ1) is 17.1. The van der Waals surface area contributed by atoms with Crippen molar-refractivity contribution in [3.8, 4) is 5.75 Å². The van der Waals surface area contributed by atoms with E-state index in [1.807, 2.05) is 24.3 Å². The molecule has 1 aromatic carbocycles. The Morgan fingerprint density at radius 1 is 1.17 bits per heavy atom. The average molecular weight is 319 g/mol. The minimum atomic E-state index is -0.552. The predicted molar refractivity (Wildman–Crippen MR) is 89.6 cm³/mol. The van der Waals surface area contributed by atoms with Crippen LogP contribution < -0.4 is 20.7 Å². The molecule has 0 aliphatic heterocycles. The van der Waals surface area contributed by atoms with Crippen LogP contribution in [0.3, 0.4) is 0 Å². The van der Waals surface area contributed by atoms with E-state index >= 15 is 0 Å². The number of carbonyl (C=O) groups excluding carboxylic acids is 2. The number of anilines is 1. The molecule has 0 radical (unpaired) electrons. The molecule has 126 valence electrons. The molecular formula is C17H25N3O3. The molecule has 6 nitrogen and oxygen atoms in total. The van der Waals surface area contributed by atoms with Crippen molar-refractivity contribution in [2.75, 3.05) is 12.4 Å². The third kappa shape index (κ3) is 5.16. The molecule has 1 saturated carbocycles. The first-order valence-electron chi connectivity index (χ1n) is 8.11. The second-order valence-corrected chi connectivity index (χ2v) is 5.86. The molecule has 1 aliphatic rings. The molecule has 23 heavy (non-hydrogen) atoms. The van der Waals surface area contributed by atoms with Gasteiger partial charge in [0.1, 0.15) is 11.8 Å². The highest BCUT2D eigenvalue weighted by molar-refractivity contribution is 5.98. The van der Waals surface area contributed by atoms with Gasteiger partial charge in [-0.15, -0.1) is 0 Å². The van der Waals surface area contributed by atoms with E-state index in [0.717, 1.165) is 25.7 Å². The SMILES string of the molecule is COc1ccccc1NC(C)C(=O)NC(=O)NC1CCCCC1. The van der Waals surface area contributed by atoms with Crippen LogP contribution in [0, 0.1) is 0 Å². The topological polar surface area (TPSA) is 79.5 Å². The highest BCUT2D eigenvalue weighted by Crippen LogP contribution is 2.23. The number of hydrogen-bond donors (Lipinski definition) is 3. The molecule has 3 amide bonds. The molecule has 0 bridgehead atoms. The van der Waals surface area contributed by atoms with Crippen LogP contribution in [0.25, 0.3) is 0 Å². The van der Waals surface area contributed by atoms with E-state index in [0.29, 0.717) is 11.4 Å². The fourth-order valence-corrected chi connectivity index (χ4v) is 2.75. The number of ether oxygens (including phenoxy) is 1. The van der Waals surface area contributed by atoms with Gasteiger partial charge in [0.15, 0.2) is 0 Å². The molecule has 0 saturated heterocycles. The number of methoxy groups -OCH3 is 1. The lowest BCUT2D eigenvalue weighted by molar-refractivity contribution is -0.120. The number of amides is 3. The molecule has 0 aromatic heterocycles. The second-order valence-electron chi connectivity index (χ2n) is 5.86. The van der Waals surface area contributed by atoms with Crippen molar-refractivity contribution >= 4 is 17.6 Å². The third-order valence-corrected chi connectivity index (χ3v) is 4.05. The summed E-state index contributed by atoms with van der Waals surface area (Å²) in [5.74, 6) is 0.281. The first-order chi connectivity index (χ1) is 11.1. The molecule has 1 unspecified atom stereocenters. The smallest absolute Gasteiger partial charge is 0.321 e. The largest absolute Gasteiger partial charge is 0.495 e. The zero-order valence-electron chi connectivity index (χ0n) is 13.7. The summed E-state index contributed by atoms with van der Waals surface area (Å²) >= 11 is 0. The van der Waals surface area contributed by atoms with E-state index in [1.54, 1.807) is 14.0 Å². The predicted octanol–water partition coefficient (Wildman–Crippen LogP) is 2.65. The second kappa shape index (κ2) is 8.41. The number of para-hydroxylation sites is 2. The number of carbonyl (C=O) groups is 2. The van der Waals surface area contributed by atoms with E-state index in [-0.39, 0.29) is 11.9 Å². The molecule has 3 N–H and O–H groups in total. The van der Waals surface area contributed by atoms with Gasteiger partial charge < -0.3 is 15.4 Å². The fourth-order valence-electron chi connectivity index (χ4n) is 2.75. The maximum atomic E-state index is 12.1. The Labute approximate surface area is 137 Å². The van der Waals surface area contributed by atoms with Gasteiger partial charge in [-0.25, -0.2) is 4.79 Å². The Hall–Kier alpha value is -2.24. The van der Waals surface area contributed by atoms with Crippen LogP contribution in [-0.4, -0.2) is 31.1 Å². The Bertz CT molecular complexity index is 542. The van der Waals surface area contributed by atoms with Crippen molar-refractivity contribution in [1.29, 1.82) is 0 Å². The number of benzene rings is 1. The van der Waals surface area contributed by atoms with Crippen LogP contribution >= 0.6 is 0 Å². The molecular weight excluding hydrogens is 294 g/mol. The summed E-state index contributed by atoms with van der Waals surface area (Å²) in [4.78, 5) is 24.0. The van der Waals surface area contributed by atoms with Crippen molar-refractivity contribution in [1.82, 2.24) is 10.6 Å². The van der Waals surface area contributed by atoms with Crippen LogP contribution in [0.5, 0.6) is 5.75 Å². The summed E-state index contributed by atoms with van der Waals surface area (Å²) in [6, 6.07) is 6.54. The molecule has 1 aliphatic carbocycles. The van der Waals surface area contributed by atoms with Gasteiger partial charge >= 0.3 is 6.03 Å². The molecule has 6 heteroatoms. The number of nitrogens with one attached hydrogen (secondary N) is 3. The summed E-state index contributed by atoms with van der Waals surface area (Å²) in [6.45, 7) is 1.70. The van der Waals surface area contributed by atoms with Gasteiger partial charge in [0, 0.05) is 6.04 Å². The summed E-state index contributed by atoms with van der Waals surface area (Å²) in [5.41, 5.74) is 0.713. The Kier molecular flexibility index (Phi) is 6.26. The van der Waals surface area contributed by atoms with Gasteiger partial charge in [0.2, 0.25) is 5.91 Å². The van der Waals surface area contributed by atoms with E-state index in [9.17, 15) is 9.59 Å². The monoisotopic (exact) mass is 319 g/mol. The molecule has 1 atom stereocenters. The zero-order chi connectivity index (χ0) is 16.7. The van der Waals surface area contributed by atoms with Crippen molar-refractivity contribution in [3.05, 3.63) is 24.3 Å².